The molecule has 1 amide bonds. The summed E-state index contributed by atoms with van der Waals surface area (Å²) in [5.74, 6) is -0.525. The fraction of sp³-hybridized carbons (Fsp3) is 0.250. The first-order valence-electron chi connectivity index (χ1n) is 5.77. The van der Waals surface area contributed by atoms with Crippen LogP contribution in [0.1, 0.15) is 22.3 Å². The fourth-order valence-electron chi connectivity index (χ4n) is 1.43. The summed E-state index contributed by atoms with van der Waals surface area (Å²) < 4.78 is 28.4. The molecule has 0 aliphatic rings. The Balaban J connectivity index is 2.08. The molecule has 0 fully saturated rings. The van der Waals surface area contributed by atoms with Gasteiger partial charge in [-0.3, -0.25) is 10.1 Å². The number of ether oxygens (including phenoxy) is 1. The van der Waals surface area contributed by atoms with E-state index in [4.69, 9.17) is 0 Å². The normalized spacial score (nSPS) is 10.6. The Hall–Kier alpha value is -2.09. The molecule has 1 N–H and O–H groups in total. The molecule has 0 atom stereocenters. The zero-order valence-electron chi connectivity index (χ0n) is 10.5. The van der Waals surface area contributed by atoms with Gasteiger partial charge in [0.1, 0.15) is 10.8 Å². The number of halogens is 2. The molecule has 0 aliphatic carbocycles. The molecule has 20 heavy (non-hydrogen) atoms. The maximum atomic E-state index is 12.1. The van der Waals surface area contributed by atoms with Crippen molar-refractivity contribution < 1.29 is 18.3 Å². The third-order valence-electron chi connectivity index (χ3n) is 2.31. The Morgan fingerprint density at radius 2 is 2.25 bits per heavy atom. The lowest BCUT2D eigenvalue weighted by Crippen LogP contribution is -2.12. The van der Waals surface area contributed by atoms with Crippen LogP contribution in [0.2, 0.25) is 0 Å². The smallest absolute Gasteiger partial charge is 0.387 e. The molecular weight excluding hydrogens is 288 g/mol. The van der Waals surface area contributed by atoms with Gasteiger partial charge in [-0.1, -0.05) is 24.3 Å². The van der Waals surface area contributed by atoms with Crippen LogP contribution in [0.5, 0.6) is 5.75 Å². The fourth-order valence-corrected chi connectivity index (χ4v) is 2.10. The summed E-state index contributed by atoms with van der Waals surface area (Å²) in [6.45, 7) is -0.999. The number of benzene rings is 1. The highest BCUT2D eigenvalue weighted by Gasteiger charge is 2.12. The second-order valence-electron chi connectivity index (χ2n) is 3.71. The number of aromatic nitrogens is 2. The van der Waals surface area contributed by atoms with Crippen LogP contribution in [-0.4, -0.2) is 22.7 Å². The number of carbonyl (C=O) groups excluding carboxylic acids is 1. The zero-order valence-corrected chi connectivity index (χ0v) is 11.3. The van der Waals surface area contributed by atoms with Gasteiger partial charge in [0.25, 0.3) is 5.91 Å². The van der Waals surface area contributed by atoms with Crippen LogP contribution >= 0.6 is 11.3 Å². The molecule has 5 nitrogen and oxygen atoms in total. The Kier molecular flexibility index (Phi) is 4.57. The van der Waals surface area contributed by atoms with Gasteiger partial charge >= 0.3 is 6.61 Å². The summed E-state index contributed by atoms with van der Waals surface area (Å²) in [4.78, 5) is 11.9. The quantitative estimate of drug-likeness (QED) is 0.922. The van der Waals surface area contributed by atoms with Gasteiger partial charge in [-0.05, 0) is 24.6 Å². The van der Waals surface area contributed by atoms with Crippen LogP contribution in [0, 0.1) is 0 Å². The number of rotatable bonds is 5. The van der Waals surface area contributed by atoms with E-state index in [-0.39, 0.29) is 11.3 Å². The number of aryl methyl sites for hydroxylation is 1. The van der Waals surface area contributed by atoms with Gasteiger partial charge in [-0.15, -0.1) is 10.2 Å². The Labute approximate surface area is 117 Å². The number of alkyl halides is 2. The second kappa shape index (κ2) is 6.38. The lowest BCUT2D eigenvalue weighted by Gasteiger charge is -2.06. The molecule has 0 unspecified atom stereocenters. The Morgan fingerprint density at radius 1 is 1.45 bits per heavy atom. The van der Waals surface area contributed by atoms with Crippen molar-refractivity contribution >= 4 is 22.4 Å². The van der Waals surface area contributed by atoms with E-state index in [0.29, 0.717) is 5.13 Å². The molecule has 0 saturated carbocycles. The SMILES string of the molecule is CCc1nnc(NC(=O)c2cccc(OC(F)F)c2)s1. The van der Waals surface area contributed by atoms with E-state index < -0.39 is 12.5 Å². The minimum atomic E-state index is -2.93. The summed E-state index contributed by atoms with van der Waals surface area (Å²) in [6.07, 6.45) is 0.727. The molecule has 0 spiro atoms. The number of carbonyl (C=O) groups is 1. The van der Waals surface area contributed by atoms with Gasteiger partial charge in [-0.25, -0.2) is 0 Å². The highest BCUT2D eigenvalue weighted by molar-refractivity contribution is 7.15. The largest absolute Gasteiger partial charge is 0.435 e. The number of hydrogen-bond donors (Lipinski definition) is 1. The third kappa shape index (κ3) is 3.70. The van der Waals surface area contributed by atoms with E-state index in [0.717, 1.165) is 11.4 Å². The van der Waals surface area contributed by atoms with Crippen molar-refractivity contribution in [1.82, 2.24) is 10.2 Å². The number of nitrogens with one attached hydrogen (secondary N) is 1. The van der Waals surface area contributed by atoms with E-state index in [1.54, 1.807) is 0 Å². The highest BCUT2D eigenvalue weighted by atomic mass is 32.1. The Morgan fingerprint density at radius 3 is 2.90 bits per heavy atom. The van der Waals surface area contributed by atoms with E-state index in [2.05, 4.69) is 20.3 Å². The summed E-state index contributed by atoms with van der Waals surface area (Å²) in [5, 5.41) is 11.4. The molecule has 1 aromatic carbocycles. The summed E-state index contributed by atoms with van der Waals surface area (Å²) >= 11 is 1.27. The highest BCUT2D eigenvalue weighted by Crippen LogP contribution is 2.19. The molecule has 2 rings (SSSR count). The molecule has 0 radical (unpaired) electrons. The average Bonchev–Trinajstić information content (AvgIpc) is 2.86. The molecule has 1 heterocycles. The Bertz CT molecular complexity index is 604. The van der Waals surface area contributed by atoms with Crippen molar-refractivity contribution in [1.29, 1.82) is 0 Å². The molecule has 1 aromatic heterocycles. The van der Waals surface area contributed by atoms with Crippen LogP contribution < -0.4 is 10.1 Å². The second-order valence-corrected chi connectivity index (χ2v) is 4.78. The van der Waals surface area contributed by atoms with Crippen LogP contribution in [0.3, 0.4) is 0 Å². The summed E-state index contributed by atoms with van der Waals surface area (Å²) in [7, 11) is 0. The lowest BCUT2D eigenvalue weighted by atomic mass is 10.2. The zero-order chi connectivity index (χ0) is 14.5. The van der Waals surface area contributed by atoms with Crippen molar-refractivity contribution in [2.45, 2.75) is 20.0 Å². The molecule has 0 aliphatic heterocycles. The predicted molar refractivity (Wildman–Crippen MR) is 70.3 cm³/mol. The van der Waals surface area contributed by atoms with Crippen LogP contribution in [0.15, 0.2) is 24.3 Å². The predicted octanol–water partition coefficient (Wildman–Crippen LogP) is 2.95. The minimum Gasteiger partial charge on any atom is -0.435 e. The standard InChI is InChI=1S/C12H11F2N3O2S/c1-2-9-16-17-12(20-9)15-10(18)7-4-3-5-8(6-7)19-11(13)14/h3-6,11H,2H2,1H3,(H,15,17,18). The van der Waals surface area contributed by atoms with Gasteiger partial charge in [0, 0.05) is 5.56 Å². The number of hydrogen-bond acceptors (Lipinski definition) is 5. The molecular formula is C12H11F2N3O2S. The first kappa shape index (κ1) is 14.3. The third-order valence-corrected chi connectivity index (χ3v) is 3.29. The molecule has 2 aromatic rings. The van der Waals surface area contributed by atoms with Crippen molar-refractivity contribution in [3.05, 3.63) is 34.8 Å². The summed E-state index contributed by atoms with van der Waals surface area (Å²) in [6, 6.07) is 5.55. The number of anilines is 1. The molecule has 106 valence electrons. The van der Waals surface area contributed by atoms with Gasteiger partial charge in [-0.2, -0.15) is 8.78 Å². The van der Waals surface area contributed by atoms with E-state index >= 15 is 0 Å². The van der Waals surface area contributed by atoms with E-state index in [9.17, 15) is 13.6 Å². The first-order valence-corrected chi connectivity index (χ1v) is 6.58. The maximum Gasteiger partial charge on any atom is 0.387 e. The molecule has 0 bridgehead atoms. The van der Waals surface area contributed by atoms with Crippen molar-refractivity contribution in [2.24, 2.45) is 0 Å². The first-order chi connectivity index (χ1) is 9.58. The minimum absolute atomic E-state index is 0.0702. The average molecular weight is 299 g/mol. The molecule has 8 heteroatoms. The van der Waals surface area contributed by atoms with E-state index in [1.807, 2.05) is 6.92 Å². The molecule has 0 saturated heterocycles. The van der Waals surface area contributed by atoms with Crippen LogP contribution in [-0.2, 0) is 6.42 Å². The number of amides is 1. The number of nitrogens with zero attached hydrogens (tertiary/aromatic N) is 2. The van der Waals surface area contributed by atoms with Crippen LogP contribution in [0.25, 0.3) is 0 Å². The lowest BCUT2D eigenvalue weighted by molar-refractivity contribution is -0.0498. The maximum absolute atomic E-state index is 12.1. The van der Waals surface area contributed by atoms with E-state index in [1.165, 1.54) is 35.6 Å². The van der Waals surface area contributed by atoms with Gasteiger partial charge < -0.3 is 4.74 Å². The van der Waals surface area contributed by atoms with Crippen molar-refractivity contribution in [3.63, 3.8) is 0 Å². The van der Waals surface area contributed by atoms with Crippen LogP contribution in [0.4, 0.5) is 13.9 Å². The van der Waals surface area contributed by atoms with Gasteiger partial charge in [0.2, 0.25) is 5.13 Å². The summed E-state index contributed by atoms with van der Waals surface area (Å²) in [5.41, 5.74) is 0.205. The van der Waals surface area contributed by atoms with Crippen molar-refractivity contribution in [3.8, 4) is 5.75 Å². The van der Waals surface area contributed by atoms with Gasteiger partial charge in [0.15, 0.2) is 0 Å². The monoisotopic (exact) mass is 299 g/mol. The van der Waals surface area contributed by atoms with Gasteiger partial charge in [0.05, 0.1) is 0 Å². The van der Waals surface area contributed by atoms with Crippen molar-refractivity contribution in [2.75, 3.05) is 5.32 Å². The topological polar surface area (TPSA) is 64.1 Å².